The maximum Gasteiger partial charge on any atom is 0.264 e. The van der Waals surface area contributed by atoms with Crippen molar-refractivity contribution in [2.24, 2.45) is 5.41 Å². The van der Waals surface area contributed by atoms with Crippen LogP contribution in [0.15, 0.2) is 66.5 Å². The molecule has 1 atom stereocenters. The molecular weight excluding hydrogens is 599 g/mol. The molecule has 12 heteroatoms. The van der Waals surface area contributed by atoms with Gasteiger partial charge < -0.3 is 20.1 Å². The Labute approximate surface area is 272 Å². The topological polar surface area (TPSA) is 135 Å². The molecule has 0 radical (unpaired) electrons. The average Bonchev–Trinajstić information content (AvgIpc) is 3.38. The minimum Gasteiger partial charge on any atom is -0.457 e. The summed E-state index contributed by atoms with van der Waals surface area (Å²) in [7, 11) is 0. The molecule has 3 saturated heterocycles. The van der Waals surface area contributed by atoms with Gasteiger partial charge in [-0.3, -0.25) is 9.69 Å². The van der Waals surface area contributed by atoms with Gasteiger partial charge in [0.2, 0.25) is 0 Å². The highest BCUT2D eigenvalue weighted by Gasteiger charge is 2.52. The van der Waals surface area contributed by atoms with Gasteiger partial charge in [0, 0.05) is 42.2 Å². The first-order valence-electron chi connectivity index (χ1n) is 15.9. The molecule has 242 valence electrons. The number of nitriles is 1. The van der Waals surface area contributed by atoms with Crippen LogP contribution in [-0.4, -0.2) is 79.9 Å². The number of nitrogens with zero attached hydrogens (tertiary/aromatic N) is 7. The molecule has 0 bridgehead atoms. The summed E-state index contributed by atoms with van der Waals surface area (Å²) < 4.78 is 28.5. The first-order valence-corrected chi connectivity index (χ1v) is 15.9. The van der Waals surface area contributed by atoms with E-state index in [1.807, 2.05) is 32.0 Å². The van der Waals surface area contributed by atoms with Crippen LogP contribution >= 0.6 is 0 Å². The summed E-state index contributed by atoms with van der Waals surface area (Å²) in [4.78, 5) is 26.6. The number of para-hydroxylation sites is 1. The molecule has 3 aliphatic heterocycles. The number of carbonyl (C=O) groups is 1. The van der Waals surface area contributed by atoms with Crippen LogP contribution in [0.4, 0.5) is 10.2 Å². The number of nitrogens with two attached hydrogens (primary N) is 1. The Hall–Kier alpha value is -4.86. The second kappa shape index (κ2) is 12.1. The maximum atomic E-state index is 15.6. The quantitative estimate of drug-likeness (QED) is 0.211. The van der Waals surface area contributed by atoms with E-state index in [4.69, 9.17) is 20.3 Å². The van der Waals surface area contributed by atoms with Crippen molar-refractivity contribution < 1.29 is 18.7 Å². The number of hydrogen-bond donors (Lipinski definition) is 1. The zero-order valence-electron chi connectivity index (χ0n) is 26.5. The third kappa shape index (κ3) is 5.81. The molecule has 11 nitrogen and oxygen atoms in total. The molecule has 5 heterocycles. The maximum absolute atomic E-state index is 15.6. The van der Waals surface area contributed by atoms with E-state index in [1.165, 1.54) is 12.4 Å². The predicted molar refractivity (Wildman–Crippen MR) is 174 cm³/mol. The smallest absolute Gasteiger partial charge is 0.264 e. The van der Waals surface area contributed by atoms with Gasteiger partial charge >= 0.3 is 0 Å². The third-order valence-corrected chi connectivity index (χ3v) is 9.54. The number of fused-ring (bicyclic) bond motifs is 1. The molecule has 0 aliphatic carbocycles. The van der Waals surface area contributed by atoms with Crippen molar-refractivity contribution in [2.75, 3.05) is 38.6 Å². The third-order valence-electron chi connectivity index (χ3n) is 9.54. The summed E-state index contributed by atoms with van der Waals surface area (Å²) in [6, 6.07) is 15.7. The number of amides is 1. The Balaban J connectivity index is 1.15. The van der Waals surface area contributed by atoms with Crippen LogP contribution in [-0.2, 0) is 16.1 Å². The summed E-state index contributed by atoms with van der Waals surface area (Å²) in [5.41, 5.74) is 7.18. The normalized spacial score (nSPS) is 19.7. The molecule has 0 unspecified atom stereocenters. The predicted octanol–water partition coefficient (Wildman–Crippen LogP) is 4.95. The van der Waals surface area contributed by atoms with Gasteiger partial charge in [-0.05, 0) is 63.5 Å². The van der Waals surface area contributed by atoms with Crippen molar-refractivity contribution in [3.63, 3.8) is 0 Å². The number of hydrogen-bond acceptors (Lipinski definition) is 9. The van der Waals surface area contributed by atoms with Gasteiger partial charge in [-0.2, -0.15) is 10.4 Å². The van der Waals surface area contributed by atoms with Crippen LogP contribution in [0.5, 0.6) is 11.5 Å². The number of piperidine rings is 1. The van der Waals surface area contributed by atoms with E-state index in [2.05, 4.69) is 20.9 Å². The standard InChI is InChI=1S/C35H37FN8O3/c1-34(2,42-18-35(19-42)20-46-21-35)15-23(16-37)33(45)43-13-7-6-8-24(43)17-44-32-29(31(38)39-22-40-32)30(41-44)27-12-11-26(14-28(27)36)47-25-9-4-3-5-10-25/h3-5,9-12,14-15,22,24H,6-8,13,17-21H2,1-2H3,(H2,38,39,40)/b23-15-/t24-/m0/s1. The highest BCUT2D eigenvalue weighted by Crippen LogP contribution is 2.42. The largest absolute Gasteiger partial charge is 0.457 e. The zero-order valence-corrected chi connectivity index (χ0v) is 26.5. The van der Waals surface area contributed by atoms with E-state index in [9.17, 15) is 10.1 Å². The Morgan fingerprint density at radius 3 is 2.66 bits per heavy atom. The Morgan fingerprint density at radius 1 is 1.17 bits per heavy atom. The lowest BCUT2D eigenvalue weighted by Gasteiger charge is -2.59. The zero-order chi connectivity index (χ0) is 32.8. The van der Waals surface area contributed by atoms with Crippen molar-refractivity contribution >= 4 is 22.8 Å². The second-order valence-corrected chi connectivity index (χ2v) is 13.4. The number of nitrogen functional groups attached to an aromatic ring is 1. The molecule has 4 aromatic rings. The lowest BCUT2D eigenvalue weighted by Crippen LogP contribution is -2.70. The first-order chi connectivity index (χ1) is 22.7. The van der Waals surface area contributed by atoms with Crippen LogP contribution < -0.4 is 10.5 Å². The number of anilines is 1. The number of halogens is 1. The summed E-state index contributed by atoms with van der Waals surface area (Å²) in [5.74, 6) is 0.284. The van der Waals surface area contributed by atoms with E-state index in [0.29, 0.717) is 41.3 Å². The van der Waals surface area contributed by atoms with Gasteiger partial charge in [-0.15, -0.1) is 0 Å². The molecule has 1 spiro atoms. The lowest BCUT2D eigenvalue weighted by atomic mass is 9.75. The van der Waals surface area contributed by atoms with E-state index in [0.717, 1.165) is 45.6 Å². The summed E-state index contributed by atoms with van der Waals surface area (Å²) in [6.07, 6.45) is 5.63. The molecule has 47 heavy (non-hydrogen) atoms. The number of rotatable bonds is 8. The molecule has 3 aliphatic rings. The van der Waals surface area contributed by atoms with Crippen molar-refractivity contribution in [3.8, 4) is 28.8 Å². The highest BCUT2D eigenvalue weighted by molar-refractivity contribution is 5.99. The van der Waals surface area contributed by atoms with Crippen LogP contribution in [0.3, 0.4) is 0 Å². The van der Waals surface area contributed by atoms with Crippen LogP contribution in [0.2, 0.25) is 0 Å². The Morgan fingerprint density at radius 2 is 1.96 bits per heavy atom. The molecule has 7 rings (SSSR count). The van der Waals surface area contributed by atoms with Crippen molar-refractivity contribution in [3.05, 3.63) is 72.3 Å². The summed E-state index contributed by atoms with van der Waals surface area (Å²) in [6.45, 7) is 8.21. The molecule has 2 N–H and O–H groups in total. The molecule has 2 aromatic heterocycles. The fourth-order valence-corrected chi connectivity index (χ4v) is 6.86. The minimum absolute atomic E-state index is 0.130. The van der Waals surface area contributed by atoms with Gasteiger partial charge in [-0.25, -0.2) is 19.0 Å². The molecular formula is C35H37FN8O3. The van der Waals surface area contributed by atoms with Gasteiger partial charge in [0.15, 0.2) is 5.65 Å². The van der Waals surface area contributed by atoms with Gasteiger partial charge in [0.05, 0.1) is 31.2 Å². The molecule has 2 aromatic carbocycles. The van der Waals surface area contributed by atoms with Crippen LogP contribution in [0, 0.1) is 22.6 Å². The second-order valence-electron chi connectivity index (χ2n) is 13.4. The Kier molecular flexibility index (Phi) is 7.90. The Bertz CT molecular complexity index is 1890. The first kappa shape index (κ1) is 30.8. The SMILES string of the molecule is CC(C)(/C=C(/C#N)C(=O)N1CCCC[C@H]1Cn1nc(-c2ccc(Oc3ccccc3)cc2F)c2c(N)ncnc21)N1CC2(COC2)C1. The van der Waals surface area contributed by atoms with E-state index in [1.54, 1.807) is 39.9 Å². The van der Waals surface area contributed by atoms with Crippen molar-refractivity contribution in [2.45, 2.75) is 51.2 Å². The van der Waals surface area contributed by atoms with Gasteiger partial charge in [-0.1, -0.05) is 18.2 Å². The average molecular weight is 637 g/mol. The lowest BCUT2D eigenvalue weighted by molar-refractivity contribution is -0.204. The van der Waals surface area contributed by atoms with Gasteiger partial charge in [0.25, 0.3) is 5.91 Å². The summed E-state index contributed by atoms with van der Waals surface area (Å²) >= 11 is 0. The monoisotopic (exact) mass is 636 g/mol. The van der Waals surface area contributed by atoms with Gasteiger partial charge in [0.1, 0.15) is 46.8 Å². The number of benzene rings is 2. The molecule has 0 saturated carbocycles. The van der Waals surface area contributed by atoms with Crippen molar-refractivity contribution in [1.82, 2.24) is 29.5 Å². The number of aromatic nitrogens is 4. The molecule has 1 amide bonds. The van der Waals surface area contributed by atoms with E-state index >= 15 is 4.39 Å². The minimum atomic E-state index is -0.535. The summed E-state index contributed by atoms with van der Waals surface area (Å²) in [5, 5.41) is 15.4. The number of ether oxygens (including phenoxy) is 2. The van der Waals surface area contributed by atoms with E-state index in [-0.39, 0.29) is 34.3 Å². The van der Waals surface area contributed by atoms with Crippen molar-refractivity contribution in [1.29, 1.82) is 5.26 Å². The van der Waals surface area contributed by atoms with Crippen LogP contribution in [0.25, 0.3) is 22.3 Å². The highest BCUT2D eigenvalue weighted by atomic mass is 19.1. The number of likely N-dealkylation sites (tertiary alicyclic amines) is 2. The number of carbonyl (C=O) groups excluding carboxylic acids is 1. The van der Waals surface area contributed by atoms with Crippen LogP contribution in [0.1, 0.15) is 33.1 Å². The fourth-order valence-electron chi connectivity index (χ4n) is 6.86. The fraction of sp³-hybridized carbons (Fsp3) is 0.400. The van der Waals surface area contributed by atoms with E-state index < -0.39 is 11.4 Å². The molecule has 3 fully saturated rings.